The van der Waals surface area contributed by atoms with E-state index in [0.29, 0.717) is 18.4 Å². The van der Waals surface area contributed by atoms with E-state index in [1.807, 2.05) is 0 Å². The Balaban J connectivity index is 2.60. The van der Waals surface area contributed by atoms with Crippen LogP contribution in [0.5, 0.6) is 0 Å². The van der Waals surface area contributed by atoms with Gasteiger partial charge in [-0.15, -0.1) is 0 Å². The Morgan fingerprint density at radius 1 is 1.67 bits per heavy atom. The molecule has 3 N–H and O–H groups in total. The number of aliphatic carboxylic acids is 1. The van der Waals surface area contributed by atoms with E-state index in [0.717, 1.165) is 6.42 Å². The molecule has 0 saturated heterocycles. The number of hydrogen-bond acceptors (Lipinski definition) is 2. The highest BCUT2D eigenvalue weighted by Crippen LogP contribution is 2.52. The summed E-state index contributed by atoms with van der Waals surface area (Å²) in [4.78, 5) is 10.6. The third-order valence-electron chi connectivity index (χ3n) is 3.46. The molecule has 0 aliphatic heterocycles. The summed E-state index contributed by atoms with van der Waals surface area (Å²) < 4.78 is 0. The van der Waals surface area contributed by atoms with Crippen LogP contribution >= 0.6 is 0 Å². The fraction of sp³-hybridized carbons (Fsp3) is 0.889. The zero-order chi connectivity index (χ0) is 9.35. The van der Waals surface area contributed by atoms with E-state index in [9.17, 15) is 4.79 Å². The summed E-state index contributed by atoms with van der Waals surface area (Å²) in [6, 6.07) is 0. The third kappa shape index (κ3) is 1.33. The molecule has 3 heteroatoms. The number of rotatable bonds is 3. The first-order chi connectivity index (χ1) is 5.52. The fourth-order valence-corrected chi connectivity index (χ4v) is 2.32. The van der Waals surface area contributed by atoms with Gasteiger partial charge in [0.15, 0.2) is 0 Å². The molecule has 0 heterocycles. The lowest BCUT2D eigenvalue weighted by atomic mass is 9.53. The molecule has 0 aromatic rings. The van der Waals surface area contributed by atoms with Crippen LogP contribution in [0.15, 0.2) is 0 Å². The van der Waals surface area contributed by atoms with Gasteiger partial charge in [-0.05, 0) is 30.2 Å². The molecule has 70 valence electrons. The molecule has 1 fully saturated rings. The SMILES string of the molecule is C[C@@H]1C[C@](CN)(CC(=O)O)[C@H]1C. The van der Waals surface area contributed by atoms with E-state index in [1.165, 1.54) is 0 Å². The maximum Gasteiger partial charge on any atom is 0.303 e. The average molecular weight is 171 g/mol. The molecule has 1 aliphatic carbocycles. The van der Waals surface area contributed by atoms with Gasteiger partial charge in [0.1, 0.15) is 0 Å². The van der Waals surface area contributed by atoms with Crippen LogP contribution in [0.1, 0.15) is 26.7 Å². The van der Waals surface area contributed by atoms with Crippen LogP contribution in [0, 0.1) is 17.3 Å². The highest BCUT2D eigenvalue weighted by Gasteiger charge is 2.49. The van der Waals surface area contributed by atoms with E-state index in [1.54, 1.807) is 0 Å². The molecule has 3 nitrogen and oxygen atoms in total. The second kappa shape index (κ2) is 3.05. The predicted molar refractivity (Wildman–Crippen MR) is 46.7 cm³/mol. The summed E-state index contributed by atoms with van der Waals surface area (Å²) in [5.41, 5.74) is 5.50. The Bertz CT molecular complexity index is 193. The summed E-state index contributed by atoms with van der Waals surface area (Å²) in [6.07, 6.45) is 1.20. The molecule has 1 rings (SSSR count). The highest BCUT2D eigenvalue weighted by molar-refractivity contribution is 5.68. The fourth-order valence-electron chi connectivity index (χ4n) is 2.32. The van der Waals surface area contributed by atoms with Gasteiger partial charge in [-0.2, -0.15) is 0 Å². The Hall–Kier alpha value is -0.570. The van der Waals surface area contributed by atoms with Crippen LogP contribution in [0.4, 0.5) is 0 Å². The van der Waals surface area contributed by atoms with Gasteiger partial charge >= 0.3 is 5.97 Å². The number of hydrogen-bond donors (Lipinski definition) is 2. The minimum atomic E-state index is -0.723. The monoisotopic (exact) mass is 171 g/mol. The second-order valence-corrected chi connectivity index (χ2v) is 4.11. The van der Waals surface area contributed by atoms with Gasteiger partial charge in [0.05, 0.1) is 6.42 Å². The maximum atomic E-state index is 10.6. The lowest BCUT2D eigenvalue weighted by Crippen LogP contribution is -2.51. The quantitative estimate of drug-likeness (QED) is 0.668. The Labute approximate surface area is 72.9 Å². The Kier molecular flexibility index (Phi) is 2.42. The predicted octanol–water partition coefficient (Wildman–Crippen LogP) is 1.08. The normalized spacial score (nSPS) is 40.6. The molecule has 0 amide bonds. The molecule has 1 saturated carbocycles. The van der Waals surface area contributed by atoms with E-state index in [-0.39, 0.29) is 11.8 Å². The largest absolute Gasteiger partial charge is 0.481 e. The average Bonchev–Trinajstić information content (AvgIpc) is 2.02. The first-order valence-electron chi connectivity index (χ1n) is 4.44. The maximum absolute atomic E-state index is 10.6. The Morgan fingerprint density at radius 3 is 2.50 bits per heavy atom. The van der Waals surface area contributed by atoms with Gasteiger partial charge in [0.2, 0.25) is 0 Å². The molecule has 0 aromatic carbocycles. The van der Waals surface area contributed by atoms with Gasteiger partial charge in [-0.3, -0.25) is 4.79 Å². The van der Waals surface area contributed by atoms with Crippen molar-refractivity contribution in [2.24, 2.45) is 23.0 Å². The summed E-state index contributed by atoms with van der Waals surface area (Å²) in [5, 5.41) is 8.69. The molecular weight excluding hydrogens is 154 g/mol. The van der Waals surface area contributed by atoms with Crippen LogP contribution in [0.25, 0.3) is 0 Å². The van der Waals surface area contributed by atoms with Crippen molar-refractivity contribution in [3.05, 3.63) is 0 Å². The second-order valence-electron chi connectivity index (χ2n) is 4.11. The van der Waals surface area contributed by atoms with E-state index in [2.05, 4.69) is 13.8 Å². The van der Waals surface area contributed by atoms with Gasteiger partial charge < -0.3 is 10.8 Å². The molecule has 3 atom stereocenters. The molecule has 0 bridgehead atoms. The van der Waals surface area contributed by atoms with Crippen molar-refractivity contribution in [2.75, 3.05) is 6.54 Å². The minimum absolute atomic E-state index is 0.106. The smallest absolute Gasteiger partial charge is 0.303 e. The number of carboxylic acids is 1. The first kappa shape index (κ1) is 9.52. The molecule has 0 radical (unpaired) electrons. The van der Waals surface area contributed by atoms with Crippen molar-refractivity contribution < 1.29 is 9.90 Å². The molecule has 0 spiro atoms. The molecule has 0 aromatic heterocycles. The number of carbonyl (C=O) groups is 1. The lowest BCUT2D eigenvalue weighted by Gasteiger charge is -2.52. The van der Waals surface area contributed by atoms with Crippen molar-refractivity contribution in [2.45, 2.75) is 26.7 Å². The van der Waals surface area contributed by atoms with Crippen LogP contribution in [0.2, 0.25) is 0 Å². The minimum Gasteiger partial charge on any atom is -0.481 e. The number of carboxylic acid groups (broad SMARTS) is 1. The summed E-state index contributed by atoms with van der Waals surface area (Å²) in [7, 11) is 0. The van der Waals surface area contributed by atoms with Crippen LogP contribution in [-0.4, -0.2) is 17.6 Å². The summed E-state index contributed by atoms with van der Waals surface area (Å²) >= 11 is 0. The standard InChI is InChI=1S/C9H17NO2/c1-6-3-9(5-10,7(6)2)4-8(11)12/h6-7H,3-5,10H2,1-2H3,(H,11,12)/t6-,7+,9-/m1/s1. The summed E-state index contributed by atoms with van der Waals surface area (Å²) in [6.45, 7) is 4.76. The molecule has 1 aliphatic rings. The number of nitrogens with two attached hydrogens (primary N) is 1. The molecular formula is C9H17NO2. The Morgan fingerprint density at radius 2 is 2.25 bits per heavy atom. The van der Waals surface area contributed by atoms with Crippen molar-refractivity contribution in [1.29, 1.82) is 0 Å². The van der Waals surface area contributed by atoms with Gasteiger partial charge in [0, 0.05) is 0 Å². The highest BCUT2D eigenvalue weighted by atomic mass is 16.4. The van der Waals surface area contributed by atoms with Crippen molar-refractivity contribution in [3.63, 3.8) is 0 Å². The van der Waals surface area contributed by atoms with Crippen LogP contribution in [0.3, 0.4) is 0 Å². The van der Waals surface area contributed by atoms with E-state index in [4.69, 9.17) is 10.8 Å². The van der Waals surface area contributed by atoms with Crippen molar-refractivity contribution in [3.8, 4) is 0 Å². The van der Waals surface area contributed by atoms with Crippen molar-refractivity contribution >= 4 is 5.97 Å². The van der Waals surface area contributed by atoms with Crippen LogP contribution < -0.4 is 5.73 Å². The zero-order valence-corrected chi connectivity index (χ0v) is 7.71. The zero-order valence-electron chi connectivity index (χ0n) is 7.71. The van der Waals surface area contributed by atoms with E-state index < -0.39 is 5.97 Å². The van der Waals surface area contributed by atoms with Gasteiger partial charge in [0.25, 0.3) is 0 Å². The van der Waals surface area contributed by atoms with Gasteiger partial charge in [-0.25, -0.2) is 0 Å². The van der Waals surface area contributed by atoms with E-state index >= 15 is 0 Å². The third-order valence-corrected chi connectivity index (χ3v) is 3.46. The topological polar surface area (TPSA) is 63.3 Å². The van der Waals surface area contributed by atoms with Gasteiger partial charge in [-0.1, -0.05) is 13.8 Å². The van der Waals surface area contributed by atoms with Crippen molar-refractivity contribution in [1.82, 2.24) is 0 Å². The molecule has 0 unspecified atom stereocenters. The first-order valence-corrected chi connectivity index (χ1v) is 4.44. The summed E-state index contributed by atoms with van der Waals surface area (Å²) in [5.74, 6) is 0.366. The lowest BCUT2D eigenvalue weighted by molar-refractivity contribution is -0.145. The van der Waals surface area contributed by atoms with Crippen LogP contribution in [-0.2, 0) is 4.79 Å². The molecule has 12 heavy (non-hydrogen) atoms.